The van der Waals surface area contributed by atoms with E-state index in [0.29, 0.717) is 12.6 Å². The predicted molar refractivity (Wildman–Crippen MR) is 77.1 cm³/mol. The first-order valence-electron chi connectivity index (χ1n) is 7.14. The average Bonchev–Trinajstić information content (AvgIpc) is 2.83. The molecule has 1 aliphatic rings. The van der Waals surface area contributed by atoms with Crippen LogP contribution in [0.25, 0.3) is 5.65 Å². The quantitative estimate of drug-likeness (QED) is 0.913. The first-order chi connectivity index (χ1) is 9.28. The number of nitrogens with zero attached hydrogens (tertiary/aromatic N) is 3. The van der Waals surface area contributed by atoms with Gasteiger partial charge in [0.25, 0.3) is 0 Å². The molecule has 0 spiro atoms. The zero-order valence-electron chi connectivity index (χ0n) is 11.5. The van der Waals surface area contributed by atoms with E-state index in [1.165, 1.54) is 31.5 Å². The second-order valence-corrected chi connectivity index (χ2v) is 5.52. The van der Waals surface area contributed by atoms with Crippen molar-refractivity contribution < 1.29 is 0 Å². The van der Waals surface area contributed by atoms with Gasteiger partial charge in [0.05, 0.1) is 5.69 Å². The summed E-state index contributed by atoms with van der Waals surface area (Å²) >= 11 is 0. The summed E-state index contributed by atoms with van der Waals surface area (Å²) in [6, 6.07) is 6.78. The molecular formula is C15H22N4. The summed E-state index contributed by atoms with van der Waals surface area (Å²) in [5.74, 6) is 0. The molecule has 0 amide bonds. The molecule has 0 aliphatic carbocycles. The fraction of sp³-hybridized carbons (Fsp3) is 0.533. The van der Waals surface area contributed by atoms with Crippen LogP contribution in [-0.4, -0.2) is 33.9 Å². The lowest BCUT2D eigenvalue weighted by molar-refractivity contribution is 0.184. The number of imidazole rings is 1. The monoisotopic (exact) mass is 258 g/mol. The van der Waals surface area contributed by atoms with Crippen LogP contribution < -0.4 is 5.73 Å². The summed E-state index contributed by atoms with van der Waals surface area (Å²) in [6.07, 6.45) is 7.15. The summed E-state index contributed by atoms with van der Waals surface area (Å²) in [5, 5.41) is 0. The molecule has 2 aromatic heterocycles. The molecule has 4 heteroatoms. The van der Waals surface area contributed by atoms with Crippen molar-refractivity contribution >= 4 is 5.65 Å². The zero-order valence-corrected chi connectivity index (χ0v) is 11.5. The second-order valence-electron chi connectivity index (χ2n) is 5.52. The molecule has 102 valence electrons. The van der Waals surface area contributed by atoms with E-state index in [2.05, 4.69) is 28.6 Å². The van der Waals surface area contributed by atoms with Gasteiger partial charge in [-0.05, 0) is 38.6 Å². The van der Waals surface area contributed by atoms with Crippen LogP contribution in [0.15, 0.2) is 24.4 Å². The third kappa shape index (κ3) is 2.51. The molecule has 4 nitrogen and oxygen atoms in total. The third-order valence-electron chi connectivity index (χ3n) is 4.20. The summed E-state index contributed by atoms with van der Waals surface area (Å²) < 4.78 is 2.12. The first kappa shape index (κ1) is 12.6. The minimum Gasteiger partial charge on any atom is -0.325 e. The van der Waals surface area contributed by atoms with Gasteiger partial charge in [-0.15, -0.1) is 0 Å². The van der Waals surface area contributed by atoms with Gasteiger partial charge in [0, 0.05) is 30.9 Å². The van der Waals surface area contributed by atoms with Gasteiger partial charge in [-0.3, -0.25) is 0 Å². The van der Waals surface area contributed by atoms with Crippen LogP contribution in [0.1, 0.15) is 30.7 Å². The fourth-order valence-corrected chi connectivity index (χ4v) is 3.03. The van der Waals surface area contributed by atoms with Crippen molar-refractivity contribution in [3.63, 3.8) is 0 Å². The number of hydrogen-bond donors (Lipinski definition) is 1. The Balaban J connectivity index is 1.85. The molecule has 0 radical (unpaired) electrons. The topological polar surface area (TPSA) is 46.6 Å². The highest BCUT2D eigenvalue weighted by atomic mass is 15.1. The van der Waals surface area contributed by atoms with E-state index >= 15 is 0 Å². The van der Waals surface area contributed by atoms with E-state index in [1.807, 2.05) is 12.1 Å². The van der Waals surface area contributed by atoms with Crippen molar-refractivity contribution in [2.45, 2.75) is 38.3 Å². The van der Waals surface area contributed by atoms with Crippen molar-refractivity contribution in [3.8, 4) is 0 Å². The molecule has 3 heterocycles. The summed E-state index contributed by atoms with van der Waals surface area (Å²) in [7, 11) is 2.23. The molecule has 19 heavy (non-hydrogen) atoms. The van der Waals surface area contributed by atoms with Gasteiger partial charge in [-0.2, -0.15) is 0 Å². The lowest BCUT2D eigenvalue weighted by atomic mass is 9.99. The highest BCUT2D eigenvalue weighted by Gasteiger charge is 2.20. The van der Waals surface area contributed by atoms with Gasteiger partial charge < -0.3 is 15.0 Å². The molecule has 0 saturated carbocycles. The number of aromatic nitrogens is 2. The molecular weight excluding hydrogens is 236 g/mol. The molecule has 0 aromatic carbocycles. The number of hydrogen-bond acceptors (Lipinski definition) is 3. The lowest BCUT2D eigenvalue weighted by Crippen LogP contribution is -2.37. The Morgan fingerprint density at radius 1 is 1.37 bits per heavy atom. The van der Waals surface area contributed by atoms with Gasteiger partial charge in [-0.1, -0.05) is 12.5 Å². The minimum absolute atomic E-state index is 0.552. The Hall–Kier alpha value is -1.39. The van der Waals surface area contributed by atoms with Crippen molar-refractivity contribution in [2.75, 3.05) is 13.6 Å². The van der Waals surface area contributed by atoms with E-state index in [9.17, 15) is 0 Å². The minimum atomic E-state index is 0.552. The van der Waals surface area contributed by atoms with Gasteiger partial charge in [0.2, 0.25) is 0 Å². The maximum absolute atomic E-state index is 5.77. The number of likely N-dealkylation sites (tertiary alicyclic amines) is 1. The van der Waals surface area contributed by atoms with Gasteiger partial charge in [0.1, 0.15) is 5.65 Å². The highest BCUT2D eigenvalue weighted by molar-refractivity contribution is 5.42. The van der Waals surface area contributed by atoms with E-state index in [1.54, 1.807) is 0 Å². The number of piperidine rings is 1. The highest BCUT2D eigenvalue weighted by Crippen LogP contribution is 2.19. The Bertz CT molecular complexity index is 560. The van der Waals surface area contributed by atoms with Crippen LogP contribution in [0.3, 0.4) is 0 Å². The largest absolute Gasteiger partial charge is 0.325 e. The molecule has 1 atom stereocenters. The molecule has 1 fully saturated rings. The number of likely N-dealkylation sites (N-methyl/N-ethyl adjacent to an activating group) is 1. The smallest absolute Gasteiger partial charge is 0.137 e. The SMILES string of the molecule is CN1CCCCC1Cc1cn2c(CN)cccc2n1. The number of nitrogens with two attached hydrogens (primary N) is 1. The van der Waals surface area contributed by atoms with E-state index in [0.717, 1.165) is 17.8 Å². The Labute approximate surface area is 114 Å². The maximum Gasteiger partial charge on any atom is 0.137 e. The molecule has 0 bridgehead atoms. The van der Waals surface area contributed by atoms with Crippen LogP contribution in [0.5, 0.6) is 0 Å². The van der Waals surface area contributed by atoms with Crippen LogP contribution >= 0.6 is 0 Å². The van der Waals surface area contributed by atoms with Crippen LogP contribution in [-0.2, 0) is 13.0 Å². The third-order valence-corrected chi connectivity index (χ3v) is 4.20. The normalized spacial score (nSPS) is 21.1. The Kier molecular flexibility index (Phi) is 3.53. The van der Waals surface area contributed by atoms with Crippen molar-refractivity contribution in [3.05, 3.63) is 35.8 Å². The Morgan fingerprint density at radius 2 is 2.26 bits per heavy atom. The standard InChI is InChI=1S/C15H22N4/c1-18-8-3-2-5-13(18)9-12-11-19-14(10-16)6-4-7-15(19)17-12/h4,6-7,11,13H,2-3,5,8-10,16H2,1H3. The van der Waals surface area contributed by atoms with Gasteiger partial charge in [0.15, 0.2) is 0 Å². The summed E-state index contributed by atoms with van der Waals surface area (Å²) in [5.41, 5.74) is 9.08. The van der Waals surface area contributed by atoms with E-state index < -0.39 is 0 Å². The van der Waals surface area contributed by atoms with E-state index in [-0.39, 0.29) is 0 Å². The Morgan fingerprint density at radius 3 is 3.05 bits per heavy atom. The first-order valence-corrected chi connectivity index (χ1v) is 7.14. The molecule has 1 saturated heterocycles. The zero-order chi connectivity index (χ0) is 13.2. The van der Waals surface area contributed by atoms with Crippen molar-refractivity contribution in [1.29, 1.82) is 0 Å². The average molecular weight is 258 g/mol. The molecule has 1 aliphatic heterocycles. The van der Waals surface area contributed by atoms with Gasteiger partial charge in [-0.25, -0.2) is 4.98 Å². The molecule has 1 unspecified atom stereocenters. The van der Waals surface area contributed by atoms with Crippen LogP contribution in [0, 0.1) is 0 Å². The van der Waals surface area contributed by atoms with Crippen molar-refractivity contribution in [1.82, 2.24) is 14.3 Å². The summed E-state index contributed by atoms with van der Waals surface area (Å²) in [6.45, 7) is 1.77. The van der Waals surface area contributed by atoms with E-state index in [4.69, 9.17) is 10.7 Å². The summed E-state index contributed by atoms with van der Waals surface area (Å²) in [4.78, 5) is 7.20. The molecule has 2 aromatic rings. The fourth-order valence-electron chi connectivity index (χ4n) is 3.03. The van der Waals surface area contributed by atoms with Crippen molar-refractivity contribution in [2.24, 2.45) is 5.73 Å². The number of pyridine rings is 1. The van der Waals surface area contributed by atoms with Crippen LogP contribution in [0.4, 0.5) is 0 Å². The second kappa shape index (κ2) is 5.31. The molecule has 2 N–H and O–H groups in total. The maximum atomic E-state index is 5.77. The van der Waals surface area contributed by atoms with Gasteiger partial charge >= 0.3 is 0 Å². The lowest BCUT2D eigenvalue weighted by Gasteiger charge is -2.31. The predicted octanol–water partition coefficient (Wildman–Crippen LogP) is 1.82. The van der Waals surface area contributed by atoms with Crippen LogP contribution in [0.2, 0.25) is 0 Å². The number of rotatable bonds is 3. The molecule has 3 rings (SSSR count). The number of fused-ring (bicyclic) bond motifs is 1.